The highest BCUT2D eigenvalue weighted by molar-refractivity contribution is 7.13. The summed E-state index contributed by atoms with van der Waals surface area (Å²) in [5.41, 5.74) is 1.96. The molecule has 0 aliphatic rings. The minimum absolute atomic E-state index is 0.0390. The van der Waals surface area contributed by atoms with Crippen LogP contribution < -0.4 is 5.32 Å². The van der Waals surface area contributed by atoms with Crippen LogP contribution in [-0.4, -0.2) is 40.9 Å². The lowest BCUT2D eigenvalue weighted by molar-refractivity contribution is -0.117. The minimum Gasteiger partial charge on any atom is -0.301 e. The van der Waals surface area contributed by atoms with Gasteiger partial charge in [0.2, 0.25) is 5.91 Å². The standard InChI is InChI=1S/C14H18N4OS/c1-11-10-20-14(16-11)17-13(19)9-18(2)8-6-12-5-3-4-7-15-12/h3-5,7,10H,6,8-9H2,1-2H3,(H,16,17,19). The van der Waals surface area contributed by atoms with Crippen LogP contribution in [0.5, 0.6) is 0 Å². The van der Waals surface area contributed by atoms with E-state index >= 15 is 0 Å². The summed E-state index contributed by atoms with van der Waals surface area (Å²) in [6.07, 6.45) is 2.62. The highest BCUT2D eigenvalue weighted by Crippen LogP contribution is 2.14. The number of hydrogen-bond donors (Lipinski definition) is 1. The monoisotopic (exact) mass is 290 g/mol. The number of anilines is 1. The Bertz CT molecular complexity index is 555. The molecular formula is C14H18N4OS. The van der Waals surface area contributed by atoms with E-state index in [0.29, 0.717) is 11.7 Å². The fraction of sp³-hybridized carbons (Fsp3) is 0.357. The van der Waals surface area contributed by atoms with E-state index in [1.54, 1.807) is 6.20 Å². The maximum atomic E-state index is 11.8. The lowest BCUT2D eigenvalue weighted by Gasteiger charge is -2.15. The SMILES string of the molecule is Cc1csc(NC(=O)CN(C)CCc2ccccn2)n1. The Balaban J connectivity index is 1.73. The lowest BCUT2D eigenvalue weighted by atomic mass is 10.2. The van der Waals surface area contributed by atoms with Crippen LogP contribution >= 0.6 is 11.3 Å². The van der Waals surface area contributed by atoms with E-state index in [1.165, 1.54) is 11.3 Å². The first-order valence-corrected chi connectivity index (χ1v) is 7.32. The van der Waals surface area contributed by atoms with Crippen LogP contribution in [0.25, 0.3) is 0 Å². The molecule has 0 fully saturated rings. The Morgan fingerprint density at radius 1 is 1.45 bits per heavy atom. The summed E-state index contributed by atoms with van der Waals surface area (Å²) < 4.78 is 0. The molecule has 0 spiro atoms. The first-order chi connectivity index (χ1) is 9.63. The Kier molecular flexibility index (Phi) is 5.20. The molecule has 0 atom stereocenters. The number of pyridine rings is 1. The third-order valence-electron chi connectivity index (χ3n) is 2.75. The molecule has 0 saturated carbocycles. The first-order valence-electron chi connectivity index (χ1n) is 6.44. The van der Waals surface area contributed by atoms with E-state index in [9.17, 15) is 4.79 Å². The van der Waals surface area contributed by atoms with E-state index < -0.39 is 0 Å². The van der Waals surface area contributed by atoms with E-state index in [1.807, 2.05) is 42.5 Å². The molecule has 2 aromatic heterocycles. The van der Waals surface area contributed by atoms with Gasteiger partial charge in [-0.2, -0.15) is 0 Å². The molecule has 1 amide bonds. The number of carbonyl (C=O) groups is 1. The molecule has 0 aliphatic carbocycles. The van der Waals surface area contributed by atoms with Gasteiger partial charge in [-0.15, -0.1) is 11.3 Å². The van der Waals surface area contributed by atoms with Crippen molar-refractivity contribution in [3.8, 4) is 0 Å². The van der Waals surface area contributed by atoms with Gasteiger partial charge in [0.1, 0.15) is 0 Å². The molecule has 0 unspecified atom stereocenters. The molecule has 106 valence electrons. The topological polar surface area (TPSA) is 58.1 Å². The van der Waals surface area contributed by atoms with E-state index in [-0.39, 0.29) is 5.91 Å². The van der Waals surface area contributed by atoms with Gasteiger partial charge in [-0.3, -0.25) is 14.7 Å². The van der Waals surface area contributed by atoms with E-state index in [4.69, 9.17) is 0 Å². The molecule has 0 aliphatic heterocycles. The van der Waals surface area contributed by atoms with Gasteiger partial charge in [-0.1, -0.05) is 6.07 Å². The lowest BCUT2D eigenvalue weighted by Crippen LogP contribution is -2.31. The molecule has 0 bridgehead atoms. The normalized spacial score (nSPS) is 10.8. The summed E-state index contributed by atoms with van der Waals surface area (Å²) in [6, 6.07) is 5.86. The average molecular weight is 290 g/mol. The largest absolute Gasteiger partial charge is 0.301 e. The van der Waals surface area contributed by atoms with Gasteiger partial charge in [0.25, 0.3) is 0 Å². The number of aromatic nitrogens is 2. The van der Waals surface area contributed by atoms with Gasteiger partial charge in [-0.05, 0) is 26.1 Å². The van der Waals surface area contributed by atoms with Gasteiger partial charge in [-0.25, -0.2) is 4.98 Å². The second-order valence-electron chi connectivity index (χ2n) is 4.65. The molecule has 0 radical (unpaired) electrons. The molecule has 6 heteroatoms. The summed E-state index contributed by atoms with van der Waals surface area (Å²) in [4.78, 5) is 22.3. The minimum atomic E-state index is -0.0390. The van der Waals surface area contributed by atoms with Crippen LogP contribution in [0.4, 0.5) is 5.13 Å². The Morgan fingerprint density at radius 3 is 2.95 bits per heavy atom. The predicted molar refractivity (Wildman–Crippen MR) is 80.9 cm³/mol. The second-order valence-corrected chi connectivity index (χ2v) is 5.51. The van der Waals surface area contributed by atoms with Crippen molar-refractivity contribution in [2.24, 2.45) is 0 Å². The third-order valence-corrected chi connectivity index (χ3v) is 3.63. The van der Waals surface area contributed by atoms with Crippen molar-refractivity contribution >= 4 is 22.4 Å². The zero-order valence-electron chi connectivity index (χ0n) is 11.7. The zero-order chi connectivity index (χ0) is 14.4. The first kappa shape index (κ1) is 14.6. The predicted octanol–water partition coefficient (Wildman–Crippen LogP) is 1.96. The van der Waals surface area contributed by atoms with Crippen LogP contribution in [0, 0.1) is 6.92 Å². The molecular weight excluding hydrogens is 272 g/mol. The van der Waals surface area contributed by atoms with Crippen molar-refractivity contribution in [1.29, 1.82) is 0 Å². The number of thiazole rings is 1. The van der Waals surface area contributed by atoms with Gasteiger partial charge >= 0.3 is 0 Å². The number of carbonyl (C=O) groups excluding carboxylic acids is 1. The maximum Gasteiger partial charge on any atom is 0.240 e. The van der Waals surface area contributed by atoms with Gasteiger partial charge < -0.3 is 5.32 Å². The summed E-state index contributed by atoms with van der Waals surface area (Å²) in [6.45, 7) is 3.05. The van der Waals surface area contributed by atoms with E-state index in [0.717, 1.165) is 24.4 Å². The third kappa shape index (κ3) is 4.71. The average Bonchev–Trinajstić information content (AvgIpc) is 2.83. The number of likely N-dealkylation sites (N-methyl/N-ethyl adjacent to an activating group) is 1. The van der Waals surface area contributed by atoms with E-state index in [2.05, 4.69) is 15.3 Å². The molecule has 0 aromatic carbocycles. The number of nitrogens with one attached hydrogen (secondary N) is 1. The van der Waals surface area contributed by atoms with Crippen LogP contribution in [0.1, 0.15) is 11.4 Å². The van der Waals surface area contributed by atoms with Gasteiger partial charge in [0.15, 0.2) is 5.13 Å². The number of rotatable bonds is 6. The molecule has 5 nitrogen and oxygen atoms in total. The summed E-state index contributed by atoms with van der Waals surface area (Å²) in [5, 5.41) is 5.38. The molecule has 2 aromatic rings. The molecule has 0 saturated heterocycles. The number of aryl methyl sites for hydroxylation is 1. The van der Waals surface area contributed by atoms with Crippen molar-refractivity contribution in [2.45, 2.75) is 13.3 Å². The van der Waals surface area contributed by atoms with Crippen molar-refractivity contribution in [1.82, 2.24) is 14.9 Å². The number of amides is 1. The Labute approximate surface area is 122 Å². The summed E-state index contributed by atoms with van der Waals surface area (Å²) in [5.74, 6) is -0.0390. The van der Waals surface area contributed by atoms with Gasteiger partial charge in [0.05, 0.1) is 12.2 Å². The number of hydrogen-bond acceptors (Lipinski definition) is 5. The molecule has 2 rings (SSSR count). The Hall–Kier alpha value is -1.79. The van der Waals surface area contributed by atoms with Crippen molar-refractivity contribution in [3.63, 3.8) is 0 Å². The second kappa shape index (κ2) is 7.12. The highest BCUT2D eigenvalue weighted by Gasteiger charge is 2.09. The van der Waals surface area contributed by atoms with Crippen molar-refractivity contribution < 1.29 is 4.79 Å². The fourth-order valence-corrected chi connectivity index (χ4v) is 2.45. The smallest absolute Gasteiger partial charge is 0.240 e. The van der Waals surface area contributed by atoms with Crippen LogP contribution in [0.3, 0.4) is 0 Å². The highest BCUT2D eigenvalue weighted by atomic mass is 32.1. The van der Waals surface area contributed by atoms with Crippen molar-refractivity contribution in [2.75, 3.05) is 25.5 Å². The molecule has 20 heavy (non-hydrogen) atoms. The molecule has 2 heterocycles. The maximum absolute atomic E-state index is 11.8. The van der Waals surface area contributed by atoms with Crippen LogP contribution in [-0.2, 0) is 11.2 Å². The quantitative estimate of drug-likeness (QED) is 0.883. The van der Waals surface area contributed by atoms with Gasteiger partial charge in [0, 0.05) is 30.2 Å². The number of nitrogens with zero attached hydrogens (tertiary/aromatic N) is 3. The fourth-order valence-electron chi connectivity index (χ4n) is 1.75. The van der Waals surface area contributed by atoms with Crippen LogP contribution in [0.15, 0.2) is 29.8 Å². The molecule has 1 N–H and O–H groups in total. The Morgan fingerprint density at radius 2 is 2.30 bits per heavy atom. The summed E-state index contributed by atoms with van der Waals surface area (Å²) in [7, 11) is 1.93. The zero-order valence-corrected chi connectivity index (χ0v) is 12.5. The van der Waals surface area contributed by atoms with Crippen LogP contribution in [0.2, 0.25) is 0 Å². The summed E-state index contributed by atoms with van der Waals surface area (Å²) >= 11 is 1.44. The van der Waals surface area contributed by atoms with Crippen molar-refractivity contribution in [3.05, 3.63) is 41.2 Å².